The Morgan fingerprint density at radius 2 is 1.74 bits per heavy atom. The molecule has 0 radical (unpaired) electrons. The number of aromatic nitrogens is 2. The number of hydrogen-bond donors (Lipinski definition) is 1. The number of amides is 2. The third-order valence-electron chi connectivity index (χ3n) is 6.87. The topological polar surface area (TPSA) is 93.4 Å². The molecule has 3 heterocycles. The SMILES string of the molecule is O=C(CCCCn1c(=O)c2ccccc2n(Cc2ccc(N3CCCC3=O)cc2)c1=O)NCc1cccs1. The van der Waals surface area contributed by atoms with E-state index in [9.17, 15) is 19.2 Å². The van der Waals surface area contributed by atoms with Gasteiger partial charge in [0.1, 0.15) is 0 Å². The van der Waals surface area contributed by atoms with Gasteiger partial charge in [0, 0.05) is 36.5 Å². The molecule has 0 aliphatic carbocycles. The molecule has 1 N–H and O–H groups in total. The second-order valence-electron chi connectivity index (χ2n) is 9.47. The van der Waals surface area contributed by atoms with Crippen molar-refractivity contribution in [1.82, 2.24) is 14.5 Å². The van der Waals surface area contributed by atoms with Crippen molar-refractivity contribution in [2.75, 3.05) is 11.4 Å². The van der Waals surface area contributed by atoms with Crippen LogP contribution < -0.4 is 21.5 Å². The highest BCUT2D eigenvalue weighted by Crippen LogP contribution is 2.22. The van der Waals surface area contributed by atoms with E-state index in [4.69, 9.17) is 0 Å². The van der Waals surface area contributed by atoms with Crippen molar-refractivity contribution in [3.63, 3.8) is 0 Å². The normalized spacial score (nSPS) is 13.4. The lowest BCUT2D eigenvalue weighted by atomic mass is 10.1. The molecular weight excluding hydrogens is 500 g/mol. The van der Waals surface area contributed by atoms with Gasteiger partial charge in [-0.3, -0.25) is 23.5 Å². The first kappa shape index (κ1) is 25.7. The number of thiophene rings is 1. The molecule has 8 nitrogen and oxygen atoms in total. The highest BCUT2D eigenvalue weighted by atomic mass is 32.1. The van der Waals surface area contributed by atoms with Gasteiger partial charge in [0.2, 0.25) is 11.8 Å². The van der Waals surface area contributed by atoms with Crippen LogP contribution in [-0.2, 0) is 29.2 Å². The number of nitrogens with zero attached hydrogens (tertiary/aromatic N) is 3. The van der Waals surface area contributed by atoms with Crippen LogP contribution >= 0.6 is 11.3 Å². The molecule has 0 spiro atoms. The Bertz CT molecular complexity index is 1550. The molecule has 1 saturated heterocycles. The Balaban J connectivity index is 1.29. The zero-order chi connectivity index (χ0) is 26.5. The first-order chi connectivity index (χ1) is 18.5. The Morgan fingerprint density at radius 3 is 2.47 bits per heavy atom. The summed E-state index contributed by atoms with van der Waals surface area (Å²) in [6.07, 6.45) is 2.89. The molecule has 2 amide bonds. The summed E-state index contributed by atoms with van der Waals surface area (Å²) in [7, 11) is 0. The standard InChI is InChI=1S/C29H30N4O4S/c34-26(30-19-23-7-6-18-38-23)10-3-4-16-32-28(36)24-8-1-2-9-25(24)33(29(32)37)20-21-12-14-22(15-13-21)31-17-5-11-27(31)35/h1-2,6-9,12-15,18H,3-5,10-11,16-17,19-20H2,(H,30,34). The molecule has 0 unspecified atom stereocenters. The van der Waals surface area contributed by atoms with Crippen LogP contribution in [0.25, 0.3) is 10.9 Å². The summed E-state index contributed by atoms with van der Waals surface area (Å²) in [6, 6.07) is 18.7. The van der Waals surface area contributed by atoms with Crippen LogP contribution in [0.2, 0.25) is 0 Å². The summed E-state index contributed by atoms with van der Waals surface area (Å²) < 4.78 is 2.91. The molecule has 2 aromatic heterocycles. The number of carbonyl (C=O) groups excluding carboxylic acids is 2. The molecule has 0 bridgehead atoms. The lowest BCUT2D eigenvalue weighted by Crippen LogP contribution is -2.40. The van der Waals surface area contributed by atoms with Crippen molar-refractivity contribution >= 4 is 39.7 Å². The number of carbonyl (C=O) groups is 2. The number of nitrogens with one attached hydrogen (secondary N) is 1. The van der Waals surface area contributed by atoms with Gasteiger partial charge < -0.3 is 10.2 Å². The summed E-state index contributed by atoms with van der Waals surface area (Å²) in [5.74, 6) is 0.0905. The minimum atomic E-state index is -0.366. The first-order valence-corrected chi connectivity index (χ1v) is 13.8. The van der Waals surface area contributed by atoms with E-state index in [2.05, 4.69) is 5.32 Å². The van der Waals surface area contributed by atoms with E-state index >= 15 is 0 Å². The second kappa shape index (κ2) is 11.6. The maximum absolute atomic E-state index is 13.5. The molecule has 5 rings (SSSR count). The molecule has 1 fully saturated rings. The molecule has 196 valence electrons. The Hall–Kier alpha value is -3.98. The van der Waals surface area contributed by atoms with Crippen LogP contribution in [0.15, 0.2) is 75.6 Å². The molecule has 1 aliphatic heterocycles. The van der Waals surface area contributed by atoms with Crippen molar-refractivity contribution in [2.24, 2.45) is 0 Å². The van der Waals surface area contributed by atoms with E-state index in [1.807, 2.05) is 47.8 Å². The summed E-state index contributed by atoms with van der Waals surface area (Å²) in [6.45, 7) is 1.79. The Kier molecular flexibility index (Phi) is 7.83. The van der Waals surface area contributed by atoms with Crippen molar-refractivity contribution < 1.29 is 9.59 Å². The minimum Gasteiger partial charge on any atom is -0.351 e. The van der Waals surface area contributed by atoms with Crippen LogP contribution in [-0.4, -0.2) is 27.5 Å². The van der Waals surface area contributed by atoms with Gasteiger partial charge in [0.15, 0.2) is 0 Å². The molecule has 38 heavy (non-hydrogen) atoms. The van der Waals surface area contributed by atoms with Crippen LogP contribution in [0, 0.1) is 0 Å². The van der Waals surface area contributed by atoms with Gasteiger partial charge in [-0.25, -0.2) is 4.79 Å². The smallest absolute Gasteiger partial charge is 0.331 e. The van der Waals surface area contributed by atoms with Gasteiger partial charge in [0.05, 0.1) is 24.0 Å². The largest absolute Gasteiger partial charge is 0.351 e. The van der Waals surface area contributed by atoms with Crippen LogP contribution in [0.5, 0.6) is 0 Å². The van der Waals surface area contributed by atoms with Crippen molar-refractivity contribution in [3.05, 3.63) is 97.3 Å². The predicted molar refractivity (Wildman–Crippen MR) is 150 cm³/mol. The quantitative estimate of drug-likeness (QED) is 0.315. The van der Waals surface area contributed by atoms with E-state index < -0.39 is 0 Å². The number of anilines is 1. The Labute approximate surface area is 224 Å². The first-order valence-electron chi connectivity index (χ1n) is 12.9. The number of benzene rings is 2. The molecule has 0 atom stereocenters. The Morgan fingerprint density at radius 1 is 0.921 bits per heavy atom. The predicted octanol–water partition coefficient (Wildman–Crippen LogP) is 3.89. The fourth-order valence-electron chi connectivity index (χ4n) is 4.85. The summed E-state index contributed by atoms with van der Waals surface area (Å²) in [4.78, 5) is 53.8. The fraction of sp³-hybridized carbons (Fsp3) is 0.310. The van der Waals surface area contributed by atoms with E-state index in [1.54, 1.807) is 39.0 Å². The number of rotatable bonds is 10. The summed E-state index contributed by atoms with van der Waals surface area (Å²) >= 11 is 1.60. The zero-order valence-electron chi connectivity index (χ0n) is 21.1. The zero-order valence-corrected chi connectivity index (χ0v) is 21.9. The average Bonchev–Trinajstić information content (AvgIpc) is 3.61. The third kappa shape index (κ3) is 5.62. The number of fused-ring (bicyclic) bond motifs is 1. The van der Waals surface area contributed by atoms with E-state index in [0.29, 0.717) is 49.7 Å². The molecule has 9 heteroatoms. The summed E-state index contributed by atoms with van der Waals surface area (Å²) in [5, 5.41) is 5.37. The van der Waals surface area contributed by atoms with Crippen LogP contribution in [0.4, 0.5) is 5.69 Å². The van der Waals surface area contributed by atoms with E-state index in [0.717, 1.165) is 29.1 Å². The second-order valence-corrected chi connectivity index (χ2v) is 10.5. The van der Waals surface area contributed by atoms with E-state index in [1.165, 1.54) is 4.57 Å². The molecule has 2 aromatic carbocycles. The molecular formula is C29H30N4O4S. The monoisotopic (exact) mass is 530 g/mol. The van der Waals surface area contributed by atoms with Gasteiger partial charge in [-0.1, -0.05) is 30.3 Å². The highest BCUT2D eigenvalue weighted by molar-refractivity contribution is 7.09. The molecule has 1 aliphatic rings. The number of hydrogen-bond acceptors (Lipinski definition) is 5. The van der Waals surface area contributed by atoms with Crippen LogP contribution in [0.1, 0.15) is 42.5 Å². The van der Waals surface area contributed by atoms with Crippen molar-refractivity contribution in [2.45, 2.75) is 51.7 Å². The summed E-state index contributed by atoms with van der Waals surface area (Å²) in [5.41, 5.74) is 1.67. The van der Waals surface area contributed by atoms with Gasteiger partial charge in [-0.2, -0.15) is 0 Å². The van der Waals surface area contributed by atoms with Gasteiger partial charge in [-0.05, 0) is 60.5 Å². The lowest BCUT2D eigenvalue weighted by Gasteiger charge is -2.17. The van der Waals surface area contributed by atoms with Gasteiger partial charge >= 0.3 is 5.69 Å². The minimum absolute atomic E-state index is 0.0410. The van der Waals surface area contributed by atoms with E-state index in [-0.39, 0.29) is 29.6 Å². The average molecular weight is 531 g/mol. The third-order valence-corrected chi connectivity index (χ3v) is 7.75. The number of unbranched alkanes of at least 4 members (excludes halogenated alkanes) is 1. The van der Waals surface area contributed by atoms with Crippen molar-refractivity contribution in [1.29, 1.82) is 0 Å². The molecule has 4 aromatic rings. The van der Waals surface area contributed by atoms with Crippen LogP contribution in [0.3, 0.4) is 0 Å². The highest BCUT2D eigenvalue weighted by Gasteiger charge is 2.21. The fourth-order valence-corrected chi connectivity index (χ4v) is 5.49. The maximum atomic E-state index is 13.5. The maximum Gasteiger partial charge on any atom is 0.331 e. The molecule has 0 saturated carbocycles. The van der Waals surface area contributed by atoms with Crippen molar-refractivity contribution in [3.8, 4) is 0 Å². The number of para-hydroxylation sites is 1. The van der Waals surface area contributed by atoms with Gasteiger partial charge in [-0.15, -0.1) is 11.3 Å². The van der Waals surface area contributed by atoms with Gasteiger partial charge in [0.25, 0.3) is 5.56 Å². The lowest BCUT2D eigenvalue weighted by molar-refractivity contribution is -0.121.